The van der Waals surface area contributed by atoms with E-state index >= 15 is 0 Å². The molecule has 128 valence electrons. The Labute approximate surface area is 152 Å². The lowest BCUT2D eigenvalue weighted by atomic mass is 9.81. The lowest BCUT2D eigenvalue weighted by molar-refractivity contribution is 0.429. The maximum absolute atomic E-state index is 14.4. The molecule has 0 N–H and O–H groups in total. The van der Waals surface area contributed by atoms with E-state index in [4.69, 9.17) is 11.6 Å². The number of hydrogen-bond donors (Lipinski definition) is 0. The first-order valence-electron chi connectivity index (χ1n) is 8.46. The first kappa shape index (κ1) is 17.7. The van der Waals surface area contributed by atoms with E-state index in [1.165, 1.54) is 17.7 Å². The third kappa shape index (κ3) is 4.30. The van der Waals surface area contributed by atoms with Crippen LogP contribution in [0, 0.1) is 29.4 Å². The van der Waals surface area contributed by atoms with Crippen LogP contribution < -0.4 is 0 Å². The number of hydrogen-bond acceptors (Lipinski definition) is 0. The Kier molecular flexibility index (Phi) is 5.56. The maximum Gasteiger partial charge on any atom is 0.143 e. The molecule has 0 nitrogen and oxygen atoms in total. The zero-order chi connectivity index (χ0) is 17.8. The molecule has 0 aromatic heterocycles. The summed E-state index contributed by atoms with van der Waals surface area (Å²) in [5, 5.41) is 0.0523. The molecule has 3 heteroatoms. The van der Waals surface area contributed by atoms with Crippen LogP contribution in [0.15, 0.2) is 43.0 Å². The first-order valence-corrected chi connectivity index (χ1v) is 8.84. The number of allylic oxidation sites excluding steroid dienone is 1. The van der Waals surface area contributed by atoms with E-state index in [1.54, 1.807) is 12.1 Å². The standard InChI is InChI=1S/C22H19ClF2/c1-2-3-4-15-5-8-17-13-18(21(24)14-19(17)11-15)9-6-16-7-10-20(23)22(25)12-16/h2,7,10,12-15H,1,3-5,8,11H2. The van der Waals surface area contributed by atoms with Gasteiger partial charge in [0.15, 0.2) is 0 Å². The normalized spacial score (nSPS) is 15.9. The molecule has 1 unspecified atom stereocenters. The molecule has 0 aliphatic heterocycles. The van der Waals surface area contributed by atoms with Gasteiger partial charge in [0.05, 0.1) is 10.6 Å². The molecule has 0 bridgehead atoms. The lowest BCUT2D eigenvalue weighted by Crippen LogP contribution is -2.15. The van der Waals surface area contributed by atoms with Crippen molar-refractivity contribution in [3.8, 4) is 11.8 Å². The average Bonchev–Trinajstić information content (AvgIpc) is 2.61. The Morgan fingerprint density at radius 2 is 1.96 bits per heavy atom. The van der Waals surface area contributed by atoms with Gasteiger partial charge in [-0.1, -0.05) is 29.5 Å². The summed E-state index contributed by atoms with van der Waals surface area (Å²) in [5.74, 6) is 5.40. The molecule has 1 aliphatic rings. The lowest BCUT2D eigenvalue weighted by Gasteiger charge is -2.24. The van der Waals surface area contributed by atoms with Gasteiger partial charge in [0.25, 0.3) is 0 Å². The van der Waals surface area contributed by atoms with Crippen molar-refractivity contribution in [3.05, 3.63) is 81.9 Å². The van der Waals surface area contributed by atoms with E-state index in [-0.39, 0.29) is 10.8 Å². The Morgan fingerprint density at radius 3 is 2.72 bits per heavy atom. The van der Waals surface area contributed by atoms with Crippen molar-refractivity contribution in [1.82, 2.24) is 0 Å². The quantitative estimate of drug-likeness (QED) is 0.461. The van der Waals surface area contributed by atoms with E-state index in [0.717, 1.165) is 37.7 Å². The van der Waals surface area contributed by atoms with Gasteiger partial charge in [-0.25, -0.2) is 8.78 Å². The van der Waals surface area contributed by atoms with Gasteiger partial charge in [-0.15, -0.1) is 6.58 Å². The van der Waals surface area contributed by atoms with Crippen LogP contribution in [0.3, 0.4) is 0 Å². The number of benzene rings is 2. The van der Waals surface area contributed by atoms with Gasteiger partial charge >= 0.3 is 0 Å². The van der Waals surface area contributed by atoms with Crippen LogP contribution in [0.1, 0.15) is 41.5 Å². The molecule has 0 spiro atoms. The highest BCUT2D eigenvalue weighted by atomic mass is 35.5. The topological polar surface area (TPSA) is 0 Å². The Morgan fingerprint density at radius 1 is 1.12 bits per heavy atom. The molecule has 0 fully saturated rings. The Bertz CT molecular complexity index is 858. The summed E-state index contributed by atoms with van der Waals surface area (Å²) < 4.78 is 27.8. The van der Waals surface area contributed by atoms with Crippen molar-refractivity contribution >= 4 is 11.6 Å². The fourth-order valence-electron chi connectivity index (χ4n) is 3.26. The smallest absolute Gasteiger partial charge is 0.143 e. The molecule has 3 rings (SSSR count). The second-order valence-electron chi connectivity index (χ2n) is 6.45. The molecule has 2 aromatic rings. The van der Waals surface area contributed by atoms with E-state index < -0.39 is 5.82 Å². The molecular weight excluding hydrogens is 338 g/mol. The Hall–Kier alpha value is -2.11. The van der Waals surface area contributed by atoms with E-state index in [2.05, 4.69) is 18.4 Å². The minimum atomic E-state index is -0.523. The Balaban J connectivity index is 1.82. The van der Waals surface area contributed by atoms with Crippen molar-refractivity contribution in [3.63, 3.8) is 0 Å². The molecule has 1 atom stereocenters. The summed E-state index contributed by atoms with van der Waals surface area (Å²) >= 11 is 5.66. The van der Waals surface area contributed by atoms with Crippen LogP contribution >= 0.6 is 11.6 Å². The zero-order valence-electron chi connectivity index (χ0n) is 13.9. The van der Waals surface area contributed by atoms with Crippen LogP contribution in [0.4, 0.5) is 8.78 Å². The van der Waals surface area contributed by atoms with E-state index in [1.807, 2.05) is 12.1 Å². The minimum absolute atomic E-state index is 0.0523. The van der Waals surface area contributed by atoms with Crippen LogP contribution in [0.25, 0.3) is 0 Å². The first-order chi connectivity index (χ1) is 12.1. The highest BCUT2D eigenvalue weighted by Crippen LogP contribution is 2.30. The van der Waals surface area contributed by atoms with Crippen molar-refractivity contribution in [1.29, 1.82) is 0 Å². The zero-order valence-corrected chi connectivity index (χ0v) is 14.7. The highest BCUT2D eigenvalue weighted by molar-refractivity contribution is 6.30. The van der Waals surface area contributed by atoms with E-state index in [9.17, 15) is 8.78 Å². The molecule has 2 aromatic carbocycles. The van der Waals surface area contributed by atoms with Crippen LogP contribution in [0.5, 0.6) is 0 Å². The van der Waals surface area contributed by atoms with Crippen molar-refractivity contribution in [2.24, 2.45) is 5.92 Å². The number of aryl methyl sites for hydroxylation is 1. The number of fused-ring (bicyclic) bond motifs is 1. The van der Waals surface area contributed by atoms with Gasteiger partial charge in [0.2, 0.25) is 0 Å². The van der Waals surface area contributed by atoms with Crippen molar-refractivity contribution in [2.45, 2.75) is 32.1 Å². The van der Waals surface area contributed by atoms with Gasteiger partial charge in [-0.05, 0) is 79.5 Å². The van der Waals surface area contributed by atoms with Gasteiger partial charge in [0, 0.05) is 5.56 Å². The summed E-state index contributed by atoms with van der Waals surface area (Å²) in [6.45, 7) is 3.76. The van der Waals surface area contributed by atoms with Crippen molar-refractivity contribution in [2.75, 3.05) is 0 Å². The second kappa shape index (κ2) is 7.85. The largest absolute Gasteiger partial charge is 0.206 e. The second-order valence-corrected chi connectivity index (χ2v) is 6.86. The fourth-order valence-corrected chi connectivity index (χ4v) is 3.38. The summed E-state index contributed by atoms with van der Waals surface area (Å²) in [6.07, 6.45) is 7.02. The molecule has 0 radical (unpaired) electrons. The third-order valence-electron chi connectivity index (χ3n) is 4.66. The summed E-state index contributed by atoms with van der Waals surface area (Å²) in [7, 11) is 0. The fraction of sp³-hybridized carbons (Fsp3) is 0.273. The summed E-state index contributed by atoms with van der Waals surface area (Å²) in [5.41, 5.74) is 3.09. The number of rotatable bonds is 3. The van der Waals surface area contributed by atoms with E-state index in [0.29, 0.717) is 17.0 Å². The van der Waals surface area contributed by atoms with Crippen molar-refractivity contribution < 1.29 is 8.78 Å². The molecule has 0 heterocycles. The predicted octanol–water partition coefficient (Wildman–Crippen LogP) is 6.09. The SMILES string of the molecule is C=CCCC1CCc2cc(C#Cc3ccc(Cl)c(F)c3)c(F)cc2C1. The average molecular weight is 357 g/mol. The molecule has 0 saturated carbocycles. The summed E-state index contributed by atoms with van der Waals surface area (Å²) in [6, 6.07) is 7.79. The molecule has 1 aliphatic carbocycles. The van der Waals surface area contributed by atoms with Crippen LogP contribution in [-0.4, -0.2) is 0 Å². The minimum Gasteiger partial charge on any atom is -0.206 e. The van der Waals surface area contributed by atoms with Gasteiger partial charge in [-0.3, -0.25) is 0 Å². The third-order valence-corrected chi connectivity index (χ3v) is 4.97. The summed E-state index contributed by atoms with van der Waals surface area (Å²) in [4.78, 5) is 0. The molecule has 0 saturated heterocycles. The van der Waals surface area contributed by atoms with Gasteiger partial charge in [0.1, 0.15) is 11.6 Å². The highest BCUT2D eigenvalue weighted by Gasteiger charge is 2.19. The monoisotopic (exact) mass is 356 g/mol. The molecular formula is C22H19ClF2. The number of halogens is 3. The van der Waals surface area contributed by atoms with Crippen LogP contribution in [0.2, 0.25) is 5.02 Å². The molecule has 25 heavy (non-hydrogen) atoms. The molecule has 0 amide bonds. The predicted molar refractivity (Wildman–Crippen MR) is 98.7 cm³/mol. The van der Waals surface area contributed by atoms with Crippen LogP contribution in [-0.2, 0) is 12.8 Å². The maximum atomic E-state index is 14.4. The van der Waals surface area contributed by atoms with Gasteiger partial charge in [-0.2, -0.15) is 0 Å². The van der Waals surface area contributed by atoms with Gasteiger partial charge < -0.3 is 0 Å².